The summed E-state index contributed by atoms with van der Waals surface area (Å²) in [5.41, 5.74) is 1.98. The Morgan fingerprint density at radius 3 is 2.50 bits per heavy atom. The minimum Gasteiger partial charge on any atom is -0.495 e. The highest BCUT2D eigenvalue weighted by molar-refractivity contribution is 5.95. The van der Waals surface area contributed by atoms with Gasteiger partial charge in [0.1, 0.15) is 11.5 Å². The average Bonchev–Trinajstić information content (AvgIpc) is 2.65. The van der Waals surface area contributed by atoms with Crippen molar-refractivity contribution in [3.05, 3.63) is 59.7 Å². The van der Waals surface area contributed by atoms with Crippen LogP contribution in [0.4, 0.5) is 14.5 Å². The van der Waals surface area contributed by atoms with Gasteiger partial charge in [-0.25, -0.2) is 4.79 Å². The lowest BCUT2D eigenvalue weighted by molar-refractivity contribution is -0.142. The van der Waals surface area contributed by atoms with Crippen LogP contribution in [0.5, 0.6) is 11.5 Å². The van der Waals surface area contributed by atoms with E-state index < -0.39 is 25.1 Å². The van der Waals surface area contributed by atoms with Gasteiger partial charge < -0.3 is 19.5 Å². The zero-order valence-corrected chi connectivity index (χ0v) is 15.3. The number of anilines is 1. The van der Waals surface area contributed by atoms with Gasteiger partial charge in [-0.15, -0.1) is 0 Å². The van der Waals surface area contributed by atoms with Crippen LogP contribution in [0, 0.1) is 6.92 Å². The van der Waals surface area contributed by atoms with Gasteiger partial charge in [-0.05, 0) is 48.4 Å². The quantitative estimate of drug-likeness (QED) is 0.547. The van der Waals surface area contributed by atoms with Crippen molar-refractivity contribution in [3.63, 3.8) is 0 Å². The summed E-state index contributed by atoms with van der Waals surface area (Å²) >= 11 is 0. The molecule has 0 aromatic heterocycles. The zero-order chi connectivity index (χ0) is 20.5. The monoisotopic (exact) mass is 391 g/mol. The molecule has 0 saturated heterocycles. The van der Waals surface area contributed by atoms with Crippen molar-refractivity contribution in [3.8, 4) is 11.5 Å². The number of ether oxygens (including phenoxy) is 3. The van der Waals surface area contributed by atoms with Crippen LogP contribution < -0.4 is 14.8 Å². The predicted octanol–water partition coefficient (Wildman–Crippen LogP) is 3.80. The Labute approximate surface area is 160 Å². The van der Waals surface area contributed by atoms with Crippen LogP contribution in [0.2, 0.25) is 0 Å². The number of carbonyl (C=O) groups excluding carboxylic acids is 2. The van der Waals surface area contributed by atoms with Crippen molar-refractivity contribution in [2.75, 3.05) is 19.0 Å². The van der Waals surface area contributed by atoms with E-state index in [-0.39, 0.29) is 5.75 Å². The van der Waals surface area contributed by atoms with Crippen LogP contribution >= 0.6 is 0 Å². The Bertz CT molecular complexity index is 850. The lowest BCUT2D eigenvalue weighted by Gasteiger charge is -2.10. The maximum atomic E-state index is 12.1. The second kappa shape index (κ2) is 10.1. The van der Waals surface area contributed by atoms with Crippen molar-refractivity contribution >= 4 is 23.6 Å². The number of rotatable bonds is 8. The minimum absolute atomic E-state index is 0.0120. The van der Waals surface area contributed by atoms with Gasteiger partial charge in [0, 0.05) is 6.08 Å². The number of nitrogens with one attached hydrogen (secondary N) is 1. The number of esters is 1. The average molecular weight is 391 g/mol. The first kappa shape index (κ1) is 20.9. The fourth-order valence-corrected chi connectivity index (χ4v) is 2.22. The number of carbonyl (C=O) groups is 2. The number of benzene rings is 2. The lowest BCUT2D eigenvalue weighted by atomic mass is 10.2. The topological polar surface area (TPSA) is 73.9 Å². The Morgan fingerprint density at radius 2 is 1.86 bits per heavy atom. The van der Waals surface area contributed by atoms with Gasteiger partial charge in [0.15, 0.2) is 6.61 Å². The van der Waals surface area contributed by atoms with E-state index in [1.165, 1.54) is 37.5 Å². The molecule has 0 spiro atoms. The number of methoxy groups -OCH3 is 1. The number of aryl methyl sites for hydroxylation is 1. The fraction of sp³-hybridized carbons (Fsp3) is 0.200. The highest BCUT2D eigenvalue weighted by Gasteiger charge is 2.10. The molecule has 148 valence electrons. The number of amides is 1. The summed E-state index contributed by atoms with van der Waals surface area (Å²) < 4.78 is 38.4. The molecule has 0 bridgehead atoms. The number of hydrogen-bond acceptors (Lipinski definition) is 5. The molecule has 2 rings (SSSR count). The molecule has 0 unspecified atom stereocenters. The van der Waals surface area contributed by atoms with E-state index in [9.17, 15) is 18.4 Å². The van der Waals surface area contributed by atoms with E-state index in [0.29, 0.717) is 17.0 Å². The van der Waals surface area contributed by atoms with Gasteiger partial charge >= 0.3 is 12.6 Å². The summed E-state index contributed by atoms with van der Waals surface area (Å²) in [5.74, 6) is -0.735. The highest BCUT2D eigenvalue weighted by atomic mass is 19.3. The first-order chi connectivity index (χ1) is 13.4. The molecule has 0 aliphatic rings. The highest BCUT2D eigenvalue weighted by Crippen LogP contribution is 2.25. The largest absolute Gasteiger partial charge is 0.495 e. The predicted molar refractivity (Wildman–Crippen MR) is 99.4 cm³/mol. The smallest absolute Gasteiger partial charge is 0.387 e. The first-order valence-corrected chi connectivity index (χ1v) is 8.21. The summed E-state index contributed by atoms with van der Waals surface area (Å²) in [7, 11) is 1.48. The number of hydrogen-bond donors (Lipinski definition) is 1. The molecule has 8 heteroatoms. The third-order valence-electron chi connectivity index (χ3n) is 3.49. The molecule has 0 fully saturated rings. The summed E-state index contributed by atoms with van der Waals surface area (Å²) in [6.07, 6.45) is 2.56. The van der Waals surface area contributed by atoms with E-state index in [0.717, 1.165) is 11.6 Å². The number of halogens is 2. The van der Waals surface area contributed by atoms with Crippen LogP contribution in [-0.2, 0) is 14.3 Å². The second-order valence-electron chi connectivity index (χ2n) is 5.64. The molecule has 0 radical (unpaired) electrons. The van der Waals surface area contributed by atoms with Crippen LogP contribution in [0.15, 0.2) is 48.5 Å². The molecule has 0 aliphatic carbocycles. The number of alkyl halides is 2. The SMILES string of the molecule is COc1ccc(C)cc1NC(=O)COC(=O)/C=C/c1ccc(OC(F)F)cc1. The van der Waals surface area contributed by atoms with Crippen LogP contribution in [0.1, 0.15) is 11.1 Å². The molecular formula is C20H19F2NO5. The van der Waals surface area contributed by atoms with Gasteiger partial charge in [0.2, 0.25) is 0 Å². The third kappa shape index (κ3) is 6.71. The molecule has 2 aromatic carbocycles. The molecule has 0 heterocycles. The molecule has 28 heavy (non-hydrogen) atoms. The van der Waals surface area contributed by atoms with Crippen molar-refractivity contribution < 1.29 is 32.6 Å². The zero-order valence-electron chi connectivity index (χ0n) is 15.3. The first-order valence-electron chi connectivity index (χ1n) is 8.21. The molecule has 1 amide bonds. The molecule has 2 aromatic rings. The molecule has 0 atom stereocenters. The Balaban J connectivity index is 1.84. The second-order valence-corrected chi connectivity index (χ2v) is 5.64. The van der Waals surface area contributed by atoms with E-state index >= 15 is 0 Å². The molecular weight excluding hydrogens is 372 g/mol. The maximum absolute atomic E-state index is 12.1. The van der Waals surface area contributed by atoms with Crippen LogP contribution in [0.3, 0.4) is 0 Å². The van der Waals surface area contributed by atoms with Crippen LogP contribution in [-0.4, -0.2) is 32.2 Å². The maximum Gasteiger partial charge on any atom is 0.387 e. The molecule has 0 saturated carbocycles. The van der Waals surface area contributed by atoms with E-state index in [1.54, 1.807) is 12.1 Å². The minimum atomic E-state index is -2.90. The van der Waals surface area contributed by atoms with E-state index in [4.69, 9.17) is 9.47 Å². The lowest BCUT2D eigenvalue weighted by Crippen LogP contribution is -2.20. The summed E-state index contributed by atoms with van der Waals surface area (Å²) in [4.78, 5) is 23.7. The standard InChI is InChI=1S/C20H19F2NO5/c1-13-3-9-17(26-2)16(11-13)23-18(24)12-27-19(25)10-6-14-4-7-15(8-5-14)28-20(21)22/h3-11,20H,12H2,1-2H3,(H,23,24)/b10-6+. The normalized spacial score (nSPS) is 10.8. The van der Waals surface area contributed by atoms with E-state index in [1.807, 2.05) is 13.0 Å². The fourth-order valence-electron chi connectivity index (χ4n) is 2.22. The van der Waals surface area contributed by atoms with Crippen LogP contribution in [0.25, 0.3) is 6.08 Å². The Kier molecular flexibility index (Phi) is 7.50. The van der Waals surface area contributed by atoms with Crippen molar-refractivity contribution in [2.45, 2.75) is 13.5 Å². The van der Waals surface area contributed by atoms with Crippen molar-refractivity contribution in [2.24, 2.45) is 0 Å². The van der Waals surface area contributed by atoms with Gasteiger partial charge in [-0.3, -0.25) is 4.79 Å². The molecule has 1 N–H and O–H groups in total. The van der Waals surface area contributed by atoms with Gasteiger partial charge in [-0.1, -0.05) is 18.2 Å². The van der Waals surface area contributed by atoms with Gasteiger partial charge in [0.05, 0.1) is 12.8 Å². The summed E-state index contributed by atoms with van der Waals surface area (Å²) in [6, 6.07) is 11.0. The summed E-state index contributed by atoms with van der Waals surface area (Å²) in [6.45, 7) is -1.50. The molecule has 0 aliphatic heterocycles. The Hall–Kier alpha value is -3.42. The Morgan fingerprint density at radius 1 is 1.14 bits per heavy atom. The van der Waals surface area contributed by atoms with Gasteiger partial charge in [0.25, 0.3) is 5.91 Å². The summed E-state index contributed by atoms with van der Waals surface area (Å²) in [5, 5.41) is 2.61. The van der Waals surface area contributed by atoms with Crippen molar-refractivity contribution in [1.29, 1.82) is 0 Å². The molecule has 6 nitrogen and oxygen atoms in total. The van der Waals surface area contributed by atoms with E-state index in [2.05, 4.69) is 10.1 Å². The van der Waals surface area contributed by atoms with Crippen molar-refractivity contribution in [1.82, 2.24) is 0 Å². The van der Waals surface area contributed by atoms with Gasteiger partial charge in [-0.2, -0.15) is 8.78 Å². The third-order valence-corrected chi connectivity index (χ3v) is 3.49.